The molecule has 148 valence electrons. The third-order valence-electron chi connectivity index (χ3n) is 4.03. The van der Waals surface area contributed by atoms with Gasteiger partial charge in [0.05, 0.1) is 15.3 Å². The van der Waals surface area contributed by atoms with Crippen LogP contribution in [0, 0.1) is 0 Å². The molecule has 3 aromatic heterocycles. The highest BCUT2D eigenvalue weighted by atomic mass is 79.9. The van der Waals surface area contributed by atoms with Crippen molar-refractivity contribution in [2.45, 2.75) is 20.4 Å². The first-order chi connectivity index (χ1) is 14.2. The zero-order chi connectivity index (χ0) is 20.6. The molecule has 4 rings (SSSR count). The van der Waals surface area contributed by atoms with Gasteiger partial charge in [-0.15, -0.1) is 0 Å². The summed E-state index contributed by atoms with van der Waals surface area (Å²) < 4.78 is 2.65. The van der Waals surface area contributed by atoms with Crippen molar-refractivity contribution in [3.05, 3.63) is 81.6 Å². The van der Waals surface area contributed by atoms with E-state index in [9.17, 15) is 0 Å². The molecule has 7 heteroatoms. The highest BCUT2D eigenvalue weighted by Crippen LogP contribution is 2.26. The minimum Gasteiger partial charge on any atom is -0.366 e. The van der Waals surface area contributed by atoms with Crippen LogP contribution < -0.4 is 5.32 Å². The van der Waals surface area contributed by atoms with Gasteiger partial charge in [0.1, 0.15) is 5.82 Å². The smallest absolute Gasteiger partial charge is 0.165 e. The van der Waals surface area contributed by atoms with Gasteiger partial charge in [-0.05, 0) is 49.6 Å². The zero-order valence-corrected chi connectivity index (χ0v) is 19.4. The molecule has 0 radical (unpaired) electrons. The first-order valence-electron chi connectivity index (χ1n) is 9.30. The number of nitrogens with zero attached hydrogens (tertiary/aromatic N) is 4. The largest absolute Gasteiger partial charge is 0.366 e. The number of aromatic nitrogens is 4. The van der Waals surface area contributed by atoms with Crippen molar-refractivity contribution in [2.75, 3.05) is 5.32 Å². The maximum absolute atomic E-state index is 4.84. The lowest BCUT2D eigenvalue weighted by Gasteiger charge is -2.11. The Labute approximate surface area is 187 Å². The molecule has 0 unspecified atom stereocenters. The summed E-state index contributed by atoms with van der Waals surface area (Å²) in [6, 6.07) is 16.1. The van der Waals surface area contributed by atoms with Gasteiger partial charge in [0.25, 0.3) is 0 Å². The van der Waals surface area contributed by atoms with E-state index in [2.05, 4.69) is 59.4 Å². The Balaban J connectivity index is 0.00000117. The number of pyridine rings is 1. The molecule has 29 heavy (non-hydrogen) atoms. The molecular formula is C22H21Br2N5. The second-order valence-corrected chi connectivity index (χ2v) is 8.65. The summed E-state index contributed by atoms with van der Waals surface area (Å²) in [6.45, 7) is 4.65. The van der Waals surface area contributed by atoms with Crippen molar-refractivity contribution < 1.29 is 0 Å². The van der Waals surface area contributed by atoms with Crippen molar-refractivity contribution in [1.29, 1.82) is 0 Å². The average Bonchev–Trinajstić information content (AvgIpc) is 3.17. The summed E-state index contributed by atoms with van der Waals surface area (Å²) in [6.07, 6.45) is 7.36. The third-order valence-corrected chi connectivity index (χ3v) is 4.49. The molecule has 0 spiro atoms. The number of fused-ring (bicyclic) bond motifs is 1. The van der Waals surface area contributed by atoms with Gasteiger partial charge >= 0.3 is 0 Å². The minimum atomic E-state index is 0.647. The Morgan fingerprint density at radius 3 is 2.55 bits per heavy atom. The highest BCUT2D eigenvalue weighted by molar-refractivity contribution is 9.28. The average molecular weight is 515 g/mol. The SMILES string of the molecule is BrC(Br)=Cc1cnn2c(NCc3cccnc3)cc(-c3ccccc3)nc12.CC. The van der Waals surface area contributed by atoms with E-state index in [1.54, 1.807) is 12.4 Å². The van der Waals surface area contributed by atoms with Crippen LogP contribution in [0.25, 0.3) is 23.0 Å². The van der Waals surface area contributed by atoms with Crippen LogP contribution in [0.3, 0.4) is 0 Å². The Hall–Kier alpha value is -2.51. The van der Waals surface area contributed by atoms with Crippen LogP contribution in [0.1, 0.15) is 25.0 Å². The number of halogens is 2. The fourth-order valence-corrected chi connectivity index (χ4v) is 3.27. The summed E-state index contributed by atoms with van der Waals surface area (Å²) in [4.78, 5) is 9.00. The van der Waals surface area contributed by atoms with E-state index < -0.39 is 0 Å². The second-order valence-electron chi connectivity index (χ2n) is 5.88. The van der Waals surface area contributed by atoms with E-state index >= 15 is 0 Å². The lowest BCUT2D eigenvalue weighted by Crippen LogP contribution is -2.07. The molecule has 0 amide bonds. The summed E-state index contributed by atoms with van der Waals surface area (Å²) in [7, 11) is 0. The van der Waals surface area contributed by atoms with Gasteiger partial charge in [0.15, 0.2) is 5.65 Å². The number of hydrogen-bond donors (Lipinski definition) is 1. The van der Waals surface area contributed by atoms with E-state index in [1.807, 2.05) is 67.0 Å². The van der Waals surface area contributed by atoms with Gasteiger partial charge < -0.3 is 5.32 Å². The van der Waals surface area contributed by atoms with Crippen LogP contribution in [0.4, 0.5) is 5.82 Å². The standard InChI is InChI=1S/C20H15Br2N5.C2H6/c21-18(22)9-16-13-25-27-19(24-12-14-5-4-8-23-11-14)10-17(26-20(16)27)15-6-2-1-3-7-15;1-2/h1-11,13,24H,12H2;1-2H3. The van der Waals surface area contributed by atoms with Crippen LogP contribution in [0.15, 0.2) is 70.5 Å². The number of hydrogen-bond acceptors (Lipinski definition) is 4. The number of rotatable bonds is 5. The van der Waals surface area contributed by atoms with Gasteiger partial charge in [0, 0.05) is 36.1 Å². The molecule has 5 nitrogen and oxygen atoms in total. The quantitative estimate of drug-likeness (QED) is 0.329. The molecule has 0 aliphatic rings. The first-order valence-corrected chi connectivity index (χ1v) is 10.9. The third kappa shape index (κ3) is 5.31. The van der Waals surface area contributed by atoms with Crippen molar-refractivity contribution in [3.63, 3.8) is 0 Å². The molecule has 0 saturated carbocycles. The molecule has 3 heterocycles. The molecule has 1 aromatic carbocycles. The van der Waals surface area contributed by atoms with Gasteiger partial charge in [-0.2, -0.15) is 9.61 Å². The molecule has 1 N–H and O–H groups in total. The molecule has 0 bridgehead atoms. The Kier molecular flexibility index (Phi) is 7.55. The topological polar surface area (TPSA) is 55.1 Å². The van der Waals surface area contributed by atoms with Crippen LogP contribution in [0.2, 0.25) is 0 Å². The minimum absolute atomic E-state index is 0.647. The predicted octanol–water partition coefficient (Wildman–Crippen LogP) is 6.52. The van der Waals surface area contributed by atoms with E-state index in [1.165, 1.54) is 0 Å². The number of anilines is 1. The van der Waals surface area contributed by atoms with Gasteiger partial charge in [-0.3, -0.25) is 4.98 Å². The summed E-state index contributed by atoms with van der Waals surface area (Å²) in [5.74, 6) is 0.869. The van der Waals surface area contributed by atoms with E-state index in [-0.39, 0.29) is 0 Å². The summed E-state index contributed by atoms with van der Waals surface area (Å²) in [5, 5.41) is 7.97. The summed E-state index contributed by atoms with van der Waals surface area (Å²) in [5.41, 5.74) is 4.73. The molecule has 0 atom stereocenters. The van der Waals surface area contributed by atoms with Crippen LogP contribution >= 0.6 is 31.9 Å². The van der Waals surface area contributed by atoms with Crippen LogP contribution in [-0.2, 0) is 6.54 Å². The highest BCUT2D eigenvalue weighted by Gasteiger charge is 2.12. The molecular weight excluding hydrogens is 494 g/mol. The Morgan fingerprint density at radius 2 is 1.86 bits per heavy atom. The van der Waals surface area contributed by atoms with Crippen LogP contribution in [-0.4, -0.2) is 19.6 Å². The summed E-state index contributed by atoms with van der Waals surface area (Å²) >= 11 is 6.83. The normalized spacial score (nSPS) is 10.2. The molecule has 0 aliphatic carbocycles. The van der Waals surface area contributed by atoms with Crippen molar-refractivity contribution in [3.8, 4) is 11.3 Å². The van der Waals surface area contributed by atoms with E-state index in [0.29, 0.717) is 6.54 Å². The van der Waals surface area contributed by atoms with Gasteiger partial charge in [-0.25, -0.2) is 4.98 Å². The Bertz CT molecular complexity index is 1090. The lowest BCUT2D eigenvalue weighted by molar-refractivity contribution is 0.925. The fourth-order valence-electron chi connectivity index (χ4n) is 2.78. The van der Waals surface area contributed by atoms with Crippen LogP contribution in [0.5, 0.6) is 0 Å². The van der Waals surface area contributed by atoms with Crippen molar-refractivity contribution in [2.24, 2.45) is 0 Å². The zero-order valence-electron chi connectivity index (χ0n) is 16.2. The van der Waals surface area contributed by atoms with Gasteiger partial charge in [0.2, 0.25) is 0 Å². The number of benzene rings is 1. The van der Waals surface area contributed by atoms with E-state index in [0.717, 1.165) is 37.2 Å². The van der Waals surface area contributed by atoms with Crippen molar-refractivity contribution >= 4 is 49.4 Å². The van der Waals surface area contributed by atoms with Crippen molar-refractivity contribution in [1.82, 2.24) is 19.6 Å². The maximum atomic E-state index is 4.84. The lowest BCUT2D eigenvalue weighted by atomic mass is 10.1. The number of nitrogens with one attached hydrogen (secondary N) is 1. The van der Waals surface area contributed by atoms with Gasteiger partial charge in [-0.1, -0.05) is 50.2 Å². The predicted molar refractivity (Wildman–Crippen MR) is 127 cm³/mol. The molecule has 0 fully saturated rings. The second kappa shape index (κ2) is 10.3. The molecule has 0 saturated heterocycles. The molecule has 0 aliphatic heterocycles. The Morgan fingerprint density at radius 1 is 1.07 bits per heavy atom. The first kappa shape index (κ1) is 21.2. The maximum Gasteiger partial charge on any atom is 0.165 e. The van der Waals surface area contributed by atoms with E-state index in [4.69, 9.17) is 4.98 Å². The molecule has 4 aromatic rings. The monoisotopic (exact) mass is 513 g/mol. The fraction of sp³-hybridized carbons (Fsp3) is 0.136.